The average Bonchev–Trinajstić information content (AvgIpc) is 2.84. The molecule has 0 saturated carbocycles. The predicted molar refractivity (Wildman–Crippen MR) is 79.4 cm³/mol. The van der Waals surface area contributed by atoms with Gasteiger partial charge in [0, 0.05) is 0 Å². The molecule has 1 atom stereocenters. The number of carboxylic acids is 1. The van der Waals surface area contributed by atoms with Crippen LogP contribution in [-0.2, 0) is 4.84 Å². The Morgan fingerprint density at radius 1 is 1.38 bits per heavy atom. The molecule has 0 spiro atoms. The summed E-state index contributed by atoms with van der Waals surface area (Å²) in [5.74, 6) is -0.143. The van der Waals surface area contributed by atoms with Gasteiger partial charge >= 0.3 is 5.97 Å². The van der Waals surface area contributed by atoms with Crippen molar-refractivity contribution in [2.24, 2.45) is 0 Å². The minimum atomic E-state index is -0.917. The molecular formula is C16H21NO4. The molecule has 0 aromatic heterocycles. The van der Waals surface area contributed by atoms with Crippen molar-refractivity contribution < 1.29 is 19.5 Å². The number of hydrogen-bond donors (Lipinski definition) is 2. The van der Waals surface area contributed by atoms with Crippen molar-refractivity contribution in [2.75, 3.05) is 6.61 Å². The Balaban J connectivity index is 1.91. The Morgan fingerprint density at radius 2 is 2.05 bits per heavy atom. The van der Waals surface area contributed by atoms with E-state index in [0.717, 1.165) is 29.7 Å². The lowest BCUT2D eigenvalue weighted by atomic mass is 9.98. The Bertz CT molecular complexity index is 544. The number of ether oxygens (including phenoxy) is 1. The quantitative estimate of drug-likeness (QED) is 0.789. The van der Waals surface area contributed by atoms with Crippen molar-refractivity contribution in [1.29, 1.82) is 0 Å². The third-order valence-corrected chi connectivity index (χ3v) is 3.59. The zero-order valence-electron chi connectivity index (χ0n) is 12.6. The van der Waals surface area contributed by atoms with Crippen LogP contribution in [0.5, 0.6) is 5.75 Å². The van der Waals surface area contributed by atoms with Crippen LogP contribution in [0.3, 0.4) is 0 Å². The van der Waals surface area contributed by atoms with E-state index in [-0.39, 0.29) is 5.54 Å². The number of carboxylic acid groups (broad SMARTS) is 1. The number of rotatable bonds is 6. The highest BCUT2D eigenvalue weighted by Crippen LogP contribution is 2.26. The van der Waals surface area contributed by atoms with Crippen LogP contribution in [0.4, 0.5) is 0 Å². The van der Waals surface area contributed by atoms with Gasteiger partial charge in [-0.05, 0) is 62.9 Å². The standard InChI is InChI=1S/C16H21NO4/c1-11-9-13(15(18)19)10-12(2)14(11)20-7-4-5-16(3)6-8-21-17-16/h6,8-10,17H,4-5,7H2,1-3H3,(H,18,19). The SMILES string of the molecule is Cc1cc(C(=O)O)cc(C)c1OCCCC1(C)C=CON1. The third-order valence-electron chi connectivity index (χ3n) is 3.59. The fourth-order valence-electron chi connectivity index (χ4n) is 2.44. The third kappa shape index (κ3) is 3.76. The summed E-state index contributed by atoms with van der Waals surface area (Å²) in [5, 5.41) is 9.02. The van der Waals surface area contributed by atoms with E-state index in [0.29, 0.717) is 12.2 Å². The molecule has 0 fully saturated rings. The zero-order valence-corrected chi connectivity index (χ0v) is 12.6. The van der Waals surface area contributed by atoms with Crippen molar-refractivity contribution in [3.05, 3.63) is 41.2 Å². The molecule has 1 aromatic carbocycles. The second kappa shape index (κ2) is 6.18. The molecule has 1 aliphatic heterocycles. The Morgan fingerprint density at radius 3 is 2.57 bits per heavy atom. The van der Waals surface area contributed by atoms with E-state index >= 15 is 0 Å². The molecular weight excluding hydrogens is 270 g/mol. The molecule has 0 bridgehead atoms. The fourth-order valence-corrected chi connectivity index (χ4v) is 2.44. The highest BCUT2D eigenvalue weighted by Gasteiger charge is 2.24. The molecule has 114 valence electrons. The van der Waals surface area contributed by atoms with Crippen LogP contribution in [0.1, 0.15) is 41.3 Å². The van der Waals surface area contributed by atoms with Gasteiger partial charge in [-0.2, -0.15) is 0 Å². The summed E-state index contributed by atoms with van der Waals surface area (Å²) < 4.78 is 5.82. The van der Waals surface area contributed by atoms with Crippen LogP contribution in [0, 0.1) is 13.8 Å². The number of aryl methyl sites for hydroxylation is 2. The number of aromatic carboxylic acids is 1. The van der Waals surface area contributed by atoms with Crippen LogP contribution in [0.15, 0.2) is 24.5 Å². The monoisotopic (exact) mass is 291 g/mol. The first-order valence-electron chi connectivity index (χ1n) is 6.99. The van der Waals surface area contributed by atoms with Gasteiger partial charge in [0.25, 0.3) is 0 Å². The maximum atomic E-state index is 11.0. The van der Waals surface area contributed by atoms with Gasteiger partial charge in [-0.3, -0.25) is 0 Å². The lowest BCUT2D eigenvalue weighted by molar-refractivity contribution is 0.0696. The van der Waals surface area contributed by atoms with E-state index < -0.39 is 5.97 Å². The summed E-state index contributed by atoms with van der Waals surface area (Å²) in [7, 11) is 0. The summed E-state index contributed by atoms with van der Waals surface area (Å²) >= 11 is 0. The Labute approximate surface area is 124 Å². The molecule has 2 rings (SSSR count). The average molecular weight is 291 g/mol. The van der Waals surface area contributed by atoms with Gasteiger partial charge in [-0.1, -0.05) is 0 Å². The second-order valence-electron chi connectivity index (χ2n) is 5.64. The maximum Gasteiger partial charge on any atom is 0.335 e. The maximum absolute atomic E-state index is 11.0. The molecule has 1 unspecified atom stereocenters. The van der Waals surface area contributed by atoms with Gasteiger partial charge in [-0.25, -0.2) is 4.79 Å². The largest absolute Gasteiger partial charge is 0.493 e. The topological polar surface area (TPSA) is 67.8 Å². The van der Waals surface area contributed by atoms with E-state index in [1.54, 1.807) is 18.4 Å². The van der Waals surface area contributed by atoms with E-state index in [4.69, 9.17) is 14.7 Å². The summed E-state index contributed by atoms with van der Waals surface area (Å²) in [6, 6.07) is 3.28. The van der Waals surface area contributed by atoms with Crippen molar-refractivity contribution >= 4 is 5.97 Å². The van der Waals surface area contributed by atoms with Gasteiger partial charge in [0.05, 0.1) is 17.7 Å². The summed E-state index contributed by atoms with van der Waals surface area (Å²) in [6.45, 7) is 6.38. The number of benzene rings is 1. The molecule has 1 heterocycles. The first-order chi connectivity index (χ1) is 9.91. The first-order valence-corrected chi connectivity index (χ1v) is 6.99. The zero-order chi connectivity index (χ0) is 15.5. The number of carbonyl (C=O) groups is 1. The number of hydrogen-bond acceptors (Lipinski definition) is 4. The first kappa shape index (κ1) is 15.4. The van der Waals surface area contributed by atoms with Crippen LogP contribution in [0.25, 0.3) is 0 Å². The number of nitrogens with one attached hydrogen (secondary N) is 1. The summed E-state index contributed by atoms with van der Waals surface area (Å²) in [6.07, 6.45) is 5.41. The Kier molecular flexibility index (Phi) is 4.53. The van der Waals surface area contributed by atoms with Crippen LogP contribution < -0.4 is 10.2 Å². The second-order valence-corrected chi connectivity index (χ2v) is 5.64. The van der Waals surface area contributed by atoms with E-state index in [9.17, 15) is 4.79 Å². The predicted octanol–water partition coefficient (Wildman–Crippen LogP) is 2.97. The molecule has 5 heteroatoms. The van der Waals surface area contributed by atoms with Crippen molar-refractivity contribution in [1.82, 2.24) is 5.48 Å². The van der Waals surface area contributed by atoms with Crippen LogP contribution >= 0.6 is 0 Å². The van der Waals surface area contributed by atoms with Gasteiger partial charge in [0.1, 0.15) is 12.0 Å². The van der Waals surface area contributed by atoms with Crippen molar-refractivity contribution in [3.8, 4) is 5.75 Å². The smallest absolute Gasteiger partial charge is 0.335 e. The fraction of sp³-hybridized carbons (Fsp3) is 0.438. The van der Waals surface area contributed by atoms with E-state index in [1.165, 1.54) is 0 Å². The lowest BCUT2D eigenvalue weighted by Gasteiger charge is -2.21. The van der Waals surface area contributed by atoms with E-state index in [2.05, 4.69) is 12.4 Å². The highest BCUT2D eigenvalue weighted by molar-refractivity contribution is 5.88. The molecule has 0 saturated heterocycles. The normalized spacial score (nSPS) is 20.3. The highest BCUT2D eigenvalue weighted by atomic mass is 16.6. The lowest BCUT2D eigenvalue weighted by Crippen LogP contribution is -2.35. The Hall–Kier alpha value is -2.01. The molecule has 21 heavy (non-hydrogen) atoms. The van der Waals surface area contributed by atoms with Gasteiger partial charge in [-0.15, -0.1) is 5.48 Å². The van der Waals surface area contributed by atoms with Crippen LogP contribution in [0.2, 0.25) is 0 Å². The molecule has 1 aliphatic rings. The minimum absolute atomic E-state index is 0.138. The van der Waals surface area contributed by atoms with Gasteiger partial charge in [0.2, 0.25) is 0 Å². The molecule has 0 amide bonds. The van der Waals surface area contributed by atoms with Crippen LogP contribution in [-0.4, -0.2) is 23.2 Å². The molecule has 5 nitrogen and oxygen atoms in total. The molecule has 2 N–H and O–H groups in total. The summed E-state index contributed by atoms with van der Waals surface area (Å²) in [4.78, 5) is 16.0. The number of hydroxylamine groups is 1. The molecule has 0 aliphatic carbocycles. The molecule has 1 aromatic rings. The summed E-state index contributed by atoms with van der Waals surface area (Å²) in [5.41, 5.74) is 4.79. The van der Waals surface area contributed by atoms with Gasteiger partial charge < -0.3 is 14.7 Å². The molecule has 0 radical (unpaired) electrons. The van der Waals surface area contributed by atoms with E-state index in [1.807, 2.05) is 19.9 Å². The van der Waals surface area contributed by atoms with Crippen molar-refractivity contribution in [3.63, 3.8) is 0 Å². The van der Waals surface area contributed by atoms with Crippen molar-refractivity contribution in [2.45, 2.75) is 39.2 Å². The van der Waals surface area contributed by atoms with Gasteiger partial charge in [0.15, 0.2) is 0 Å². The minimum Gasteiger partial charge on any atom is -0.493 e.